The van der Waals surface area contributed by atoms with Crippen molar-refractivity contribution < 1.29 is 14.3 Å². The summed E-state index contributed by atoms with van der Waals surface area (Å²) in [5.74, 6) is -1.10. The second-order valence-corrected chi connectivity index (χ2v) is 7.48. The Kier molecular flexibility index (Phi) is 7.00. The summed E-state index contributed by atoms with van der Waals surface area (Å²) in [7, 11) is 1.60. The summed E-state index contributed by atoms with van der Waals surface area (Å²) in [6, 6.07) is 23.6. The Bertz CT molecular complexity index is 1330. The smallest absolute Gasteiger partial charge is 0.329 e. The molecule has 0 fully saturated rings. The SMILES string of the molecule is COc1ccc(-c2nn(-c3ccccc3)cc2C=NNC(=O)C(=O)Nc2ccccc2Cl)cc1. The molecule has 3 aromatic carbocycles. The van der Waals surface area contributed by atoms with Crippen LogP contribution in [0.1, 0.15) is 5.56 Å². The third-order valence-corrected chi connectivity index (χ3v) is 5.15. The van der Waals surface area contributed by atoms with E-state index in [0.29, 0.717) is 22.0 Å². The monoisotopic (exact) mass is 473 g/mol. The Labute approximate surface area is 200 Å². The average molecular weight is 474 g/mol. The molecule has 2 amide bonds. The van der Waals surface area contributed by atoms with Crippen molar-refractivity contribution in [2.24, 2.45) is 5.10 Å². The van der Waals surface area contributed by atoms with E-state index in [1.54, 1.807) is 42.3 Å². The Hall–Kier alpha value is -4.43. The molecular formula is C25H20ClN5O3. The van der Waals surface area contributed by atoms with E-state index < -0.39 is 11.8 Å². The van der Waals surface area contributed by atoms with Crippen LogP contribution in [0.15, 0.2) is 90.2 Å². The molecule has 0 bridgehead atoms. The number of para-hydroxylation sites is 2. The molecule has 0 unspecified atom stereocenters. The Morgan fingerprint density at radius 3 is 2.38 bits per heavy atom. The standard InChI is InChI=1S/C25H20ClN5O3/c1-34-20-13-11-17(12-14-20)23-18(16-31(30-23)19-7-3-2-4-8-19)15-27-29-25(33)24(32)28-22-10-6-5-9-21(22)26/h2-16H,1H3,(H,28,32)(H,29,33). The number of nitrogens with one attached hydrogen (secondary N) is 2. The summed E-state index contributed by atoms with van der Waals surface area (Å²) < 4.78 is 6.94. The first-order valence-electron chi connectivity index (χ1n) is 10.2. The van der Waals surface area contributed by atoms with Crippen molar-refractivity contribution in [1.82, 2.24) is 15.2 Å². The highest BCUT2D eigenvalue weighted by Crippen LogP contribution is 2.25. The zero-order chi connectivity index (χ0) is 23.9. The Balaban J connectivity index is 1.54. The molecule has 0 spiro atoms. The zero-order valence-corrected chi connectivity index (χ0v) is 18.9. The maximum Gasteiger partial charge on any atom is 0.329 e. The first-order chi connectivity index (χ1) is 16.5. The maximum absolute atomic E-state index is 12.2. The van der Waals surface area contributed by atoms with Gasteiger partial charge in [-0.05, 0) is 48.5 Å². The molecule has 0 atom stereocenters. The number of rotatable bonds is 6. The van der Waals surface area contributed by atoms with Crippen molar-refractivity contribution in [3.63, 3.8) is 0 Å². The number of aromatic nitrogens is 2. The molecule has 0 aliphatic rings. The largest absolute Gasteiger partial charge is 0.497 e. The molecular weight excluding hydrogens is 454 g/mol. The van der Waals surface area contributed by atoms with E-state index in [1.165, 1.54) is 6.21 Å². The first kappa shape index (κ1) is 22.8. The number of benzene rings is 3. The van der Waals surface area contributed by atoms with Gasteiger partial charge in [0.1, 0.15) is 11.4 Å². The minimum atomic E-state index is -0.933. The van der Waals surface area contributed by atoms with Gasteiger partial charge in [0.2, 0.25) is 0 Å². The molecule has 4 rings (SSSR count). The van der Waals surface area contributed by atoms with E-state index in [-0.39, 0.29) is 0 Å². The number of halogens is 1. The van der Waals surface area contributed by atoms with Crippen LogP contribution in [0, 0.1) is 0 Å². The van der Waals surface area contributed by atoms with Crippen LogP contribution in [-0.2, 0) is 9.59 Å². The second kappa shape index (κ2) is 10.5. The highest BCUT2D eigenvalue weighted by Gasteiger charge is 2.15. The van der Waals surface area contributed by atoms with Crippen LogP contribution >= 0.6 is 11.6 Å². The van der Waals surface area contributed by atoms with Crippen molar-refractivity contribution in [2.45, 2.75) is 0 Å². The van der Waals surface area contributed by atoms with Crippen LogP contribution in [0.5, 0.6) is 5.75 Å². The summed E-state index contributed by atoms with van der Waals surface area (Å²) in [5.41, 5.74) is 5.55. The van der Waals surface area contributed by atoms with Crippen molar-refractivity contribution in [3.8, 4) is 22.7 Å². The van der Waals surface area contributed by atoms with Gasteiger partial charge < -0.3 is 10.1 Å². The molecule has 2 N–H and O–H groups in total. The molecule has 0 saturated carbocycles. The number of hydrogen-bond acceptors (Lipinski definition) is 5. The van der Waals surface area contributed by atoms with Crippen LogP contribution in [0.4, 0.5) is 5.69 Å². The lowest BCUT2D eigenvalue weighted by Crippen LogP contribution is -2.32. The molecule has 9 heteroatoms. The molecule has 0 aliphatic carbocycles. The van der Waals surface area contributed by atoms with Gasteiger partial charge in [-0.15, -0.1) is 0 Å². The quantitative estimate of drug-likeness (QED) is 0.248. The molecule has 170 valence electrons. The van der Waals surface area contributed by atoms with Gasteiger partial charge in [0.25, 0.3) is 0 Å². The fraction of sp³-hybridized carbons (Fsp3) is 0.0400. The van der Waals surface area contributed by atoms with Crippen molar-refractivity contribution in [2.75, 3.05) is 12.4 Å². The number of ether oxygens (including phenoxy) is 1. The first-order valence-corrected chi connectivity index (χ1v) is 10.6. The number of hydrazone groups is 1. The minimum Gasteiger partial charge on any atom is -0.497 e. The number of hydrogen-bond donors (Lipinski definition) is 2. The van der Waals surface area contributed by atoms with Crippen LogP contribution in [0.2, 0.25) is 5.02 Å². The Morgan fingerprint density at radius 2 is 1.68 bits per heavy atom. The van der Waals surface area contributed by atoms with Gasteiger partial charge in [0.15, 0.2) is 0 Å². The van der Waals surface area contributed by atoms with E-state index in [4.69, 9.17) is 16.3 Å². The van der Waals surface area contributed by atoms with Crippen LogP contribution in [0.25, 0.3) is 16.9 Å². The fourth-order valence-electron chi connectivity index (χ4n) is 3.12. The molecule has 4 aromatic rings. The van der Waals surface area contributed by atoms with E-state index in [9.17, 15) is 9.59 Å². The third-order valence-electron chi connectivity index (χ3n) is 4.82. The highest BCUT2D eigenvalue weighted by atomic mass is 35.5. The van der Waals surface area contributed by atoms with E-state index >= 15 is 0 Å². The lowest BCUT2D eigenvalue weighted by molar-refractivity contribution is -0.136. The summed E-state index contributed by atoms with van der Waals surface area (Å²) in [6.45, 7) is 0. The number of anilines is 1. The second-order valence-electron chi connectivity index (χ2n) is 7.07. The Morgan fingerprint density at radius 1 is 0.971 bits per heavy atom. The maximum atomic E-state index is 12.2. The lowest BCUT2D eigenvalue weighted by atomic mass is 10.1. The van der Waals surface area contributed by atoms with Gasteiger partial charge in [-0.1, -0.05) is 41.9 Å². The molecule has 1 heterocycles. The number of nitrogens with zero attached hydrogens (tertiary/aromatic N) is 3. The average Bonchev–Trinajstić information content (AvgIpc) is 3.30. The van der Waals surface area contributed by atoms with Gasteiger partial charge in [-0.25, -0.2) is 10.1 Å². The van der Waals surface area contributed by atoms with Crippen molar-refractivity contribution in [3.05, 3.63) is 95.6 Å². The fourth-order valence-corrected chi connectivity index (χ4v) is 3.30. The van der Waals surface area contributed by atoms with Crippen molar-refractivity contribution >= 4 is 35.3 Å². The van der Waals surface area contributed by atoms with E-state index in [1.807, 2.05) is 54.6 Å². The van der Waals surface area contributed by atoms with Gasteiger partial charge in [-0.3, -0.25) is 9.59 Å². The van der Waals surface area contributed by atoms with Crippen LogP contribution < -0.4 is 15.5 Å². The summed E-state index contributed by atoms with van der Waals surface area (Å²) in [5, 5.41) is 11.4. The molecule has 8 nitrogen and oxygen atoms in total. The topological polar surface area (TPSA) is 97.6 Å². The number of carbonyl (C=O) groups excluding carboxylic acids is 2. The minimum absolute atomic E-state index is 0.324. The van der Waals surface area contributed by atoms with Gasteiger partial charge in [0.05, 0.1) is 29.7 Å². The summed E-state index contributed by atoms with van der Waals surface area (Å²) in [6.07, 6.45) is 3.22. The summed E-state index contributed by atoms with van der Waals surface area (Å²) in [4.78, 5) is 24.3. The predicted octanol–water partition coefficient (Wildman–Crippen LogP) is 4.29. The van der Waals surface area contributed by atoms with Crippen LogP contribution in [-0.4, -0.2) is 34.9 Å². The highest BCUT2D eigenvalue weighted by molar-refractivity contribution is 6.41. The van der Waals surface area contributed by atoms with E-state index in [2.05, 4.69) is 20.9 Å². The number of amides is 2. The molecule has 0 aliphatic heterocycles. The molecule has 1 aromatic heterocycles. The van der Waals surface area contributed by atoms with E-state index in [0.717, 1.165) is 17.0 Å². The summed E-state index contributed by atoms with van der Waals surface area (Å²) >= 11 is 6.01. The zero-order valence-electron chi connectivity index (χ0n) is 18.1. The van der Waals surface area contributed by atoms with Gasteiger partial charge in [-0.2, -0.15) is 10.2 Å². The third kappa shape index (κ3) is 5.31. The van der Waals surface area contributed by atoms with Crippen molar-refractivity contribution in [1.29, 1.82) is 0 Å². The number of methoxy groups -OCH3 is 1. The molecule has 34 heavy (non-hydrogen) atoms. The normalized spacial score (nSPS) is 10.8. The van der Waals surface area contributed by atoms with Gasteiger partial charge in [0, 0.05) is 17.3 Å². The molecule has 0 radical (unpaired) electrons. The number of carbonyl (C=O) groups is 2. The molecule has 0 saturated heterocycles. The lowest BCUT2D eigenvalue weighted by Gasteiger charge is -2.05. The van der Waals surface area contributed by atoms with Crippen LogP contribution in [0.3, 0.4) is 0 Å². The van der Waals surface area contributed by atoms with Gasteiger partial charge >= 0.3 is 11.8 Å². The predicted molar refractivity (Wildman–Crippen MR) is 131 cm³/mol.